The summed E-state index contributed by atoms with van der Waals surface area (Å²) in [6.45, 7) is 0. The largest absolute Gasteiger partial charge is 0.309 e. The highest BCUT2D eigenvalue weighted by molar-refractivity contribution is 6.26. The van der Waals surface area contributed by atoms with Crippen molar-refractivity contribution < 1.29 is 0 Å². The number of para-hydroxylation sites is 2. The average Bonchev–Trinajstić information content (AvgIpc) is 3.77. The van der Waals surface area contributed by atoms with Gasteiger partial charge in [-0.25, -0.2) is 9.97 Å². The molecule has 0 radical (unpaired) electrons. The fourth-order valence-corrected chi connectivity index (χ4v) is 8.31. The molecule has 0 bridgehead atoms. The van der Waals surface area contributed by atoms with E-state index in [2.05, 4.69) is 179 Å². The molecule has 4 heteroatoms. The fourth-order valence-electron chi connectivity index (χ4n) is 8.31. The molecule has 0 atom stereocenters. The third-order valence-electron chi connectivity index (χ3n) is 10.7. The van der Waals surface area contributed by atoms with Crippen molar-refractivity contribution in [2.24, 2.45) is 0 Å². The molecule has 11 rings (SSSR count). The standard InChI is InChI=1S/C50H32N4/c1-3-16-34(17-4-1)42-32-43(52-50(51-42)35-18-5-2-6-19-35)36-21-13-22-37(31-36)53-46-27-12-10-25-41(46)48-47(53)30-29-40-39-24-9-11-26-45(39)54(49(40)48)44-28-14-20-33-15-7-8-23-38(33)44/h1-32H. The molecule has 0 fully saturated rings. The lowest BCUT2D eigenvalue weighted by atomic mass is 10.1. The molecule has 252 valence electrons. The Hall–Kier alpha value is -7.30. The fraction of sp³-hybridized carbons (Fsp3) is 0. The molecule has 0 aliphatic rings. The summed E-state index contributed by atoms with van der Waals surface area (Å²) in [4.78, 5) is 10.2. The van der Waals surface area contributed by atoms with Gasteiger partial charge in [-0.15, -0.1) is 0 Å². The number of hydrogen-bond acceptors (Lipinski definition) is 2. The molecule has 11 aromatic rings. The van der Waals surface area contributed by atoms with Crippen LogP contribution >= 0.6 is 0 Å². The van der Waals surface area contributed by atoms with Crippen LogP contribution in [0.2, 0.25) is 0 Å². The van der Waals surface area contributed by atoms with E-state index in [1.165, 1.54) is 49.0 Å². The molecule has 0 saturated heterocycles. The summed E-state index contributed by atoms with van der Waals surface area (Å²) in [6, 6.07) is 69.0. The number of aromatic nitrogens is 4. The first-order valence-electron chi connectivity index (χ1n) is 18.3. The average molecular weight is 689 g/mol. The van der Waals surface area contributed by atoms with E-state index in [0.717, 1.165) is 44.8 Å². The van der Waals surface area contributed by atoms with Gasteiger partial charge in [0.25, 0.3) is 0 Å². The number of fused-ring (bicyclic) bond motifs is 8. The Kier molecular flexibility index (Phi) is 6.82. The molecule has 3 aromatic heterocycles. The summed E-state index contributed by atoms with van der Waals surface area (Å²) < 4.78 is 4.90. The van der Waals surface area contributed by atoms with Gasteiger partial charge in [0.2, 0.25) is 0 Å². The minimum atomic E-state index is 0.706. The Morgan fingerprint density at radius 3 is 1.74 bits per heavy atom. The topological polar surface area (TPSA) is 35.6 Å². The minimum absolute atomic E-state index is 0.706. The molecule has 0 amide bonds. The SMILES string of the molecule is c1ccc(-c2cc(-c3cccc(-n4c5ccccc5c5c4ccc4c6ccccc6n(-c6cccc7ccccc67)c45)c3)nc(-c3ccccc3)n2)cc1. The van der Waals surface area contributed by atoms with E-state index >= 15 is 0 Å². The first kappa shape index (κ1) is 30.3. The number of rotatable bonds is 5. The molecule has 0 N–H and O–H groups in total. The van der Waals surface area contributed by atoms with Crippen LogP contribution in [0.1, 0.15) is 0 Å². The Morgan fingerprint density at radius 1 is 0.352 bits per heavy atom. The van der Waals surface area contributed by atoms with Gasteiger partial charge < -0.3 is 9.13 Å². The molecule has 8 aromatic carbocycles. The van der Waals surface area contributed by atoms with Crippen molar-refractivity contribution in [2.45, 2.75) is 0 Å². The van der Waals surface area contributed by atoms with Crippen molar-refractivity contribution in [3.8, 4) is 45.3 Å². The zero-order valence-corrected chi connectivity index (χ0v) is 29.3. The predicted octanol–water partition coefficient (Wildman–Crippen LogP) is 12.8. The first-order valence-corrected chi connectivity index (χ1v) is 18.3. The van der Waals surface area contributed by atoms with Crippen molar-refractivity contribution in [3.05, 3.63) is 194 Å². The van der Waals surface area contributed by atoms with Gasteiger partial charge in [0, 0.05) is 49.3 Å². The van der Waals surface area contributed by atoms with Gasteiger partial charge >= 0.3 is 0 Å². The maximum absolute atomic E-state index is 5.16. The predicted molar refractivity (Wildman–Crippen MR) is 225 cm³/mol. The van der Waals surface area contributed by atoms with Crippen molar-refractivity contribution in [1.82, 2.24) is 19.1 Å². The third-order valence-corrected chi connectivity index (χ3v) is 10.7. The molecule has 0 aliphatic heterocycles. The highest BCUT2D eigenvalue weighted by atomic mass is 15.0. The lowest BCUT2D eigenvalue weighted by Crippen LogP contribution is -1.98. The number of benzene rings is 8. The summed E-state index contributed by atoms with van der Waals surface area (Å²) in [7, 11) is 0. The second-order valence-corrected chi connectivity index (χ2v) is 13.8. The zero-order chi connectivity index (χ0) is 35.6. The van der Waals surface area contributed by atoms with Crippen LogP contribution in [0.15, 0.2) is 194 Å². The maximum Gasteiger partial charge on any atom is 0.160 e. The van der Waals surface area contributed by atoms with Gasteiger partial charge in [0.15, 0.2) is 5.82 Å². The molecular weight excluding hydrogens is 657 g/mol. The van der Waals surface area contributed by atoms with Crippen LogP contribution in [0, 0.1) is 0 Å². The minimum Gasteiger partial charge on any atom is -0.309 e. The van der Waals surface area contributed by atoms with Gasteiger partial charge in [-0.3, -0.25) is 0 Å². The van der Waals surface area contributed by atoms with Gasteiger partial charge in [-0.05, 0) is 47.9 Å². The summed E-state index contributed by atoms with van der Waals surface area (Å²) in [5, 5.41) is 7.39. The summed E-state index contributed by atoms with van der Waals surface area (Å²) in [5.74, 6) is 0.706. The van der Waals surface area contributed by atoms with Crippen LogP contribution in [0.4, 0.5) is 0 Å². The van der Waals surface area contributed by atoms with E-state index in [4.69, 9.17) is 9.97 Å². The van der Waals surface area contributed by atoms with Gasteiger partial charge in [-0.2, -0.15) is 0 Å². The quantitative estimate of drug-likeness (QED) is 0.180. The lowest BCUT2D eigenvalue weighted by molar-refractivity contribution is 1.16. The first-order chi connectivity index (χ1) is 26.8. The molecular formula is C50H32N4. The Bertz CT molecular complexity index is 3150. The van der Waals surface area contributed by atoms with Gasteiger partial charge in [0.1, 0.15) is 0 Å². The Morgan fingerprint density at radius 2 is 0.944 bits per heavy atom. The monoisotopic (exact) mass is 688 g/mol. The number of hydrogen-bond donors (Lipinski definition) is 0. The summed E-state index contributed by atoms with van der Waals surface area (Å²) in [6.07, 6.45) is 0. The van der Waals surface area contributed by atoms with Crippen LogP contribution in [0.5, 0.6) is 0 Å². The summed E-state index contributed by atoms with van der Waals surface area (Å²) >= 11 is 0. The zero-order valence-electron chi connectivity index (χ0n) is 29.3. The van der Waals surface area contributed by atoms with Crippen molar-refractivity contribution in [3.63, 3.8) is 0 Å². The molecule has 54 heavy (non-hydrogen) atoms. The van der Waals surface area contributed by atoms with E-state index in [1.807, 2.05) is 24.3 Å². The second-order valence-electron chi connectivity index (χ2n) is 13.8. The van der Waals surface area contributed by atoms with Crippen molar-refractivity contribution in [2.75, 3.05) is 0 Å². The second kappa shape index (κ2) is 12.1. The van der Waals surface area contributed by atoms with Crippen molar-refractivity contribution >= 4 is 54.4 Å². The van der Waals surface area contributed by atoms with E-state index < -0.39 is 0 Å². The van der Waals surface area contributed by atoms with E-state index in [9.17, 15) is 0 Å². The number of nitrogens with zero attached hydrogens (tertiary/aromatic N) is 4. The van der Waals surface area contributed by atoms with E-state index in [1.54, 1.807) is 0 Å². The summed E-state index contributed by atoms with van der Waals surface area (Å²) in [5.41, 5.74) is 11.8. The van der Waals surface area contributed by atoms with E-state index in [-0.39, 0.29) is 0 Å². The molecule has 0 saturated carbocycles. The molecule has 0 unspecified atom stereocenters. The molecule has 0 spiro atoms. The highest BCUT2D eigenvalue weighted by Gasteiger charge is 2.22. The Labute approximate surface area is 311 Å². The molecule has 4 nitrogen and oxygen atoms in total. The normalized spacial score (nSPS) is 11.7. The van der Waals surface area contributed by atoms with Crippen molar-refractivity contribution in [1.29, 1.82) is 0 Å². The highest BCUT2D eigenvalue weighted by Crippen LogP contribution is 2.43. The Balaban J connectivity index is 1.18. The van der Waals surface area contributed by atoms with Crippen LogP contribution in [0.3, 0.4) is 0 Å². The van der Waals surface area contributed by atoms with Crippen LogP contribution in [-0.4, -0.2) is 19.1 Å². The molecule has 0 aliphatic carbocycles. The third kappa shape index (κ3) is 4.70. The van der Waals surface area contributed by atoms with Gasteiger partial charge in [-0.1, -0.05) is 152 Å². The van der Waals surface area contributed by atoms with E-state index in [0.29, 0.717) is 5.82 Å². The smallest absolute Gasteiger partial charge is 0.160 e. The van der Waals surface area contributed by atoms with Crippen LogP contribution in [0.25, 0.3) is 99.7 Å². The van der Waals surface area contributed by atoms with Crippen LogP contribution in [-0.2, 0) is 0 Å². The maximum atomic E-state index is 5.16. The molecule has 3 heterocycles. The lowest BCUT2D eigenvalue weighted by Gasteiger charge is -2.13. The van der Waals surface area contributed by atoms with Crippen LogP contribution < -0.4 is 0 Å². The van der Waals surface area contributed by atoms with Gasteiger partial charge in [0.05, 0.1) is 39.1 Å².